The Labute approximate surface area is 117 Å². The molecule has 0 unspecified atom stereocenters. The molecule has 1 fully saturated rings. The number of hydrogen-bond donors (Lipinski definition) is 1. The van der Waals surface area contributed by atoms with Gasteiger partial charge in [-0.05, 0) is 26.7 Å². The fraction of sp³-hybridized carbons (Fsp3) is 0.929. The number of ether oxygens (including phenoxy) is 1. The van der Waals surface area contributed by atoms with Gasteiger partial charge in [0.05, 0.1) is 12.1 Å². The van der Waals surface area contributed by atoms with Crippen molar-refractivity contribution in [2.75, 3.05) is 47.4 Å². The molecule has 0 bridgehead atoms. The van der Waals surface area contributed by atoms with Crippen LogP contribution in [0.5, 0.6) is 0 Å². The zero-order valence-corrected chi connectivity index (χ0v) is 13.0. The average molecular weight is 271 g/mol. The fourth-order valence-corrected chi connectivity index (χ4v) is 2.09. The topological polar surface area (TPSA) is 44.8 Å². The van der Waals surface area contributed by atoms with E-state index in [1.165, 1.54) is 0 Å². The van der Waals surface area contributed by atoms with E-state index < -0.39 is 0 Å². The standard InChI is InChI=1S/C14H29N3O2/c1-14(2,19-5)11-15-12-6-8-17(9-7-12)10-13(18)16(3)4/h12,15H,6-11H2,1-5H3. The van der Waals surface area contributed by atoms with Crippen LogP contribution in [0, 0.1) is 0 Å². The highest BCUT2D eigenvalue weighted by Gasteiger charge is 2.23. The Hall–Kier alpha value is -0.650. The van der Waals surface area contributed by atoms with E-state index in [1.54, 1.807) is 12.0 Å². The highest BCUT2D eigenvalue weighted by Crippen LogP contribution is 2.12. The van der Waals surface area contributed by atoms with Crippen LogP contribution in [-0.2, 0) is 9.53 Å². The summed E-state index contributed by atoms with van der Waals surface area (Å²) in [6.45, 7) is 7.57. The number of amides is 1. The second kappa shape index (κ2) is 7.22. The summed E-state index contributed by atoms with van der Waals surface area (Å²) in [5.41, 5.74) is -0.113. The second-order valence-electron chi connectivity index (χ2n) is 6.18. The first-order valence-corrected chi connectivity index (χ1v) is 7.05. The zero-order chi connectivity index (χ0) is 14.5. The van der Waals surface area contributed by atoms with Gasteiger partial charge in [-0.1, -0.05) is 0 Å². The van der Waals surface area contributed by atoms with Crippen LogP contribution >= 0.6 is 0 Å². The molecule has 1 aliphatic rings. The molecule has 1 saturated heterocycles. The highest BCUT2D eigenvalue weighted by atomic mass is 16.5. The molecule has 0 atom stereocenters. The van der Waals surface area contributed by atoms with Gasteiger partial charge in [-0.3, -0.25) is 9.69 Å². The zero-order valence-electron chi connectivity index (χ0n) is 13.0. The SMILES string of the molecule is COC(C)(C)CNC1CCN(CC(=O)N(C)C)CC1. The first-order chi connectivity index (χ1) is 8.84. The molecule has 1 heterocycles. The quantitative estimate of drug-likeness (QED) is 0.766. The Balaban J connectivity index is 2.24. The summed E-state index contributed by atoms with van der Waals surface area (Å²) < 4.78 is 5.41. The van der Waals surface area contributed by atoms with E-state index in [-0.39, 0.29) is 11.5 Å². The van der Waals surface area contributed by atoms with E-state index in [0.29, 0.717) is 12.6 Å². The van der Waals surface area contributed by atoms with Gasteiger partial charge in [-0.2, -0.15) is 0 Å². The van der Waals surface area contributed by atoms with Gasteiger partial charge in [0.15, 0.2) is 0 Å². The molecule has 0 aromatic heterocycles. The maximum absolute atomic E-state index is 11.6. The van der Waals surface area contributed by atoms with Gasteiger partial charge < -0.3 is 15.0 Å². The smallest absolute Gasteiger partial charge is 0.236 e. The lowest BCUT2D eigenvalue weighted by molar-refractivity contribution is -0.130. The predicted molar refractivity (Wildman–Crippen MR) is 77.2 cm³/mol. The van der Waals surface area contributed by atoms with Crippen molar-refractivity contribution in [1.82, 2.24) is 15.1 Å². The van der Waals surface area contributed by atoms with Crippen LogP contribution in [0.1, 0.15) is 26.7 Å². The predicted octanol–water partition coefficient (Wildman–Crippen LogP) is 0.554. The molecule has 1 N–H and O–H groups in total. The summed E-state index contributed by atoms with van der Waals surface area (Å²) in [5.74, 6) is 0.187. The number of hydrogen-bond acceptors (Lipinski definition) is 4. The number of likely N-dealkylation sites (tertiary alicyclic amines) is 1. The first-order valence-electron chi connectivity index (χ1n) is 7.05. The number of nitrogens with zero attached hydrogens (tertiary/aromatic N) is 2. The minimum Gasteiger partial charge on any atom is -0.377 e. The molecular weight excluding hydrogens is 242 g/mol. The van der Waals surface area contributed by atoms with Gasteiger partial charge >= 0.3 is 0 Å². The van der Waals surface area contributed by atoms with E-state index >= 15 is 0 Å². The van der Waals surface area contributed by atoms with Crippen LogP contribution < -0.4 is 5.32 Å². The molecule has 19 heavy (non-hydrogen) atoms. The number of carbonyl (C=O) groups excluding carboxylic acids is 1. The van der Waals surface area contributed by atoms with Gasteiger partial charge in [-0.25, -0.2) is 0 Å². The van der Waals surface area contributed by atoms with Crippen molar-refractivity contribution in [2.24, 2.45) is 0 Å². The lowest BCUT2D eigenvalue weighted by Crippen LogP contribution is -2.48. The molecular formula is C14H29N3O2. The summed E-state index contributed by atoms with van der Waals surface area (Å²) in [5, 5.41) is 3.56. The van der Waals surface area contributed by atoms with Crippen molar-refractivity contribution in [3.8, 4) is 0 Å². The minimum absolute atomic E-state index is 0.113. The van der Waals surface area contributed by atoms with Crippen molar-refractivity contribution in [1.29, 1.82) is 0 Å². The monoisotopic (exact) mass is 271 g/mol. The van der Waals surface area contributed by atoms with Crippen LogP contribution in [-0.4, -0.2) is 74.7 Å². The number of rotatable bonds is 6. The fourth-order valence-electron chi connectivity index (χ4n) is 2.09. The Kier molecular flexibility index (Phi) is 6.23. The Morgan fingerprint density at radius 1 is 1.37 bits per heavy atom. The number of nitrogens with one attached hydrogen (secondary N) is 1. The number of likely N-dealkylation sites (N-methyl/N-ethyl adjacent to an activating group) is 1. The largest absolute Gasteiger partial charge is 0.377 e. The van der Waals surface area contributed by atoms with E-state index in [4.69, 9.17) is 4.74 Å². The van der Waals surface area contributed by atoms with E-state index in [1.807, 2.05) is 14.1 Å². The molecule has 1 aliphatic heterocycles. The Morgan fingerprint density at radius 3 is 2.42 bits per heavy atom. The van der Waals surface area contributed by atoms with Crippen molar-refractivity contribution in [3.63, 3.8) is 0 Å². The molecule has 0 radical (unpaired) electrons. The van der Waals surface area contributed by atoms with Crippen molar-refractivity contribution >= 4 is 5.91 Å². The highest BCUT2D eigenvalue weighted by molar-refractivity contribution is 5.77. The third kappa shape index (κ3) is 5.89. The number of carbonyl (C=O) groups is 1. The molecule has 0 spiro atoms. The maximum atomic E-state index is 11.6. The van der Waals surface area contributed by atoms with E-state index in [2.05, 4.69) is 24.1 Å². The normalized spacial score (nSPS) is 18.6. The summed E-state index contributed by atoms with van der Waals surface area (Å²) in [6, 6.07) is 0.542. The molecule has 1 rings (SSSR count). The molecule has 112 valence electrons. The van der Waals surface area contributed by atoms with Crippen LogP contribution in [0.2, 0.25) is 0 Å². The van der Waals surface area contributed by atoms with Gasteiger partial charge in [-0.15, -0.1) is 0 Å². The Bertz CT molecular complexity index is 284. The van der Waals surface area contributed by atoms with E-state index in [9.17, 15) is 4.79 Å². The summed E-state index contributed by atoms with van der Waals surface area (Å²) in [7, 11) is 5.37. The lowest BCUT2D eigenvalue weighted by Gasteiger charge is -2.34. The maximum Gasteiger partial charge on any atom is 0.236 e. The van der Waals surface area contributed by atoms with Gasteiger partial charge in [0, 0.05) is 46.9 Å². The molecule has 0 aliphatic carbocycles. The minimum atomic E-state index is -0.113. The van der Waals surface area contributed by atoms with Crippen LogP contribution in [0.15, 0.2) is 0 Å². The molecule has 0 saturated carbocycles. The van der Waals surface area contributed by atoms with Crippen LogP contribution in [0.4, 0.5) is 0 Å². The van der Waals surface area contributed by atoms with Gasteiger partial charge in [0.2, 0.25) is 5.91 Å². The third-order valence-corrected chi connectivity index (χ3v) is 3.81. The average Bonchev–Trinajstić information content (AvgIpc) is 2.38. The first kappa shape index (κ1) is 16.4. The lowest BCUT2D eigenvalue weighted by atomic mass is 10.0. The second-order valence-corrected chi connectivity index (χ2v) is 6.18. The summed E-state index contributed by atoms with van der Waals surface area (Å²) in [6.07, 6.45) is 2.20. The number of methoxy groups -OCH3 is 1. The number of piperidine rings is 1. The molecule has 5 heteroatoms. The molecule has 0 aromatic carbocycles. The molecule has 1 amide bonds. The van der Waals surface area contributed by atoms with Crippen LogP contribution in [0.3, 0.4) is 0 Å². The van der Waals surface area contributed by atoms with E-state index in [0.717, 1.165) is 32.5 Å². The van der Waals surface area contributed by atoms with Crippen molar-refractivity contribution in [3.05, 3.63) is 0 Å². The van der Waals surface area contributed by atoms with Crippen molar-refractivity contribution < 1.29 is 9.53 Å². The van der Waals surface area contributed by atoms with Gasteiger partial charge in [0.25, 0.3) is 0 Å². The molecule has 5 nitrogen and oxygen atoms in total. The van der Waals surface area contributed by atoms with Crippen LogP contribution in [0.25, 0.3) is 0 Å². The summed E-state index contributed by atoms with van der Waals surface area (Å²) in [4.78, 5) is 15.5. The Morgan fingerprint density at radius 2 is 1.95 bits per heavy atom. The molecule has 0 aromatic rings. The van der Waals surface area contributed by atoms with Gasteiger partial charge in [0.1, 0.15) is 0 Å². The van der Waals surface area contributed by atoms with Crippen molar-refractivity contribution in [2.45, 2.75) is 38.3 Å². The third-order valence-electron chi connectivity index (χ3n) is 3.81. The summed E-state index contributed by atoms with van der Waals surface area (Å²) >= 11 is 0.